The van der Waals surface area contributed by atoms with Gasteiger partial charge in [-0.1, -0.05) is 37.3 Å². The molecule has 2 aromatic rings. The fourth-order valence-electron chi connectivity index (χ4n) is 2.25. The summed E-state index contributed by atoms with van der Waals surface area (Å²) in [4.78, 5) is 0. The minimum absolute atomic E-state index is 0.454. The third kappa shape index (κ3) is 4.30. The molecule has 2 aromatic carbocycles. The Hall–Kier alpha value is -1.96. The van der Waals surface area contributed by atoms with Crippen LogP contribution >= 0.6 is 0 Å². The van der Waals surface area contributed by atoms with Gasteiger partial charge in [0.05, 0.1) is 6.61 Å². The molecule has 0 heterocycles. The molecule has 20 heavy (non-hydrogen) atoms. The molecule has 0 aliphatic heterocycles. The quantitative estimate of drug-likeness (QED) is 0.798. The van der Waals surface area contributed by atoms with Gasteiger partial charge in [0.15, 0.2) is 0 Å². The van der Waals surface area contributed by atoms with Gasteiger partial charge in [0.2, 0.25) is 0 Å². The third-order valence-electron chi connectivity index (χ3n) is 3.35. The zero-order chi connectivity index (χ0) is 14.2. The van der Waals surface area contributed by atoms with Crippen molar-refractivity contribution in [3.63, 3.8) is 0 Å². The van der Waals surface area contributed by atoms with Crippen molar-refractivity contribution in [3.05, 3.63) is 60.2 Å². The van der Waals surface area contributed by atoms with E-state index in [0.29, 0.717) is 12.6 Å². The van der Waals surface area contributed by atoms with Gasteiger partial charge in [-0.3, -0.25) is 0 Å². The highest BCUT2D eigenvalue weighted by Crippen LogP contribution is 2.18. The first kappa shape index (κ1) is 14.4. The molecule has 106 valence electrons. The Labute approximate surface area is 121 Å². The Morgan fingerprint density at radius 3 is 2.25 bits per heavy atom. The summed E-state index contributed by atoms with van der Waals surface area (Å²) in [6.45, 7) is 4.92. The number of benzene rings is 2. The molecular weight excluding hydrogens is 246 g/mol. The summed E-state index contributed by atoms with van der Waals surface area (Å²) in [6.07, 6.45) is 2.15. The van der Waals surface area contributed by atoms with E-state index in [4.69, 9.17) is 4.74 Å². The maximum atomic E-state index is 5.46. The summed E-state index contributed by atoms with van der Waals surface area (Å²) in [6, 6.07) is 19.3. The van der Waals surface area contributed by atoms with Crippen LogP contribution in [0.1, 0.15) is 25.8 Å². The Bertz CT molecular complexity index is 493. The van der Waals surface area contributed by atoms with Crippen LogP contribution in [0, 0.1) is 0 Å². The van der Waals surface area contributed by atoms with Crippen LogP contribution in [0.15, 0.2) is 54.6 Å². The van der Waals surface area contributed by atoms with Crippen LogP contribution < -0.4 is 10.1 Å². The molecule has 0 spiro atoms. The maximum absolute atomic E-state index is 5.46. The zero-order valence-corrected chi connectivity index (χ0v) is 12.3. The van der Waals surface area contributed by atoms with Crippen LogP contribution in [0.2, 0.25) is 0 Å². The van der Waals surface area contributed by atoms with Crippen LogP contribution in [0.3, 0.4) is 0 Å². The molecule has 0 saturated heterocycles. The fourth-order valence-corrected chi connectivity index (χ4v) is 2.25. The van der Waals surface area contributed by atoms with E-state index >= 15 is 0 Å². The number of anilines is 1. The molecule has 0 aliphatic rings. The predicted octanol–water partition coefficient (Wildman–Crippen LogP) is 4.52. The summed E-state index contributed by atoms with van der Waals surface area (Å²) < 4.78 is 5.46. The number of hydrogen-bond acceptors (Lipinski definition) is 2. The van der Waals surface area contributed by atoms with Crippen LogP contribution in [0.25, 0.3) is 0 Å². The molecule has 1 atom stereocenters. The molecule has 2 heteroatoms. The molecule has 0 amide bonds. The van der Waals surface area contributed by atoms with Crippen molar-refractivity contribution in [2.75, 3.05) is 11.9 Å². The average molecular weight is 269 g/mol. The van der Waals surface area contributed by atoms with E-state index < -0.39 is 0 Å². The highest BCUT2D eigenvalue weighted by atomic mass is 16.5. The smallest absolute Gasteiger partial charge is 0.119 e. The molecular formula is C18H23NO. The first-order valence-electron chi connectivity index (χ1n) is 7.35. The Kier molecular flexibility index (Phi) is 5.48. The predicted molar refractivity (Wildman–Crippen MR) is 85.5 cm³/mol. The van der Waals surface area contributed by atoms with E-state index in [9.17, 15) is 0 Å². The summed E-state index contributed by atoms with van der Waals surface area (Å²) in [5.74, 6) is 0.925. The SMILES string of the molecule is CCOc1ccc(NC(CC)Cc2ccccc2)cc1. The van der Waals surface area contributed by atoms with Crippen molar-refractivity contribution in [2.45, 2.75) is 32.7 Å². The molecule has 0 fully saturated rings. The second-order valence-corrected chi connectivity index (χ2v) is 4.90. The largest absolute Gasteiger partial charge is 0.494 e. The van der Waals surface area contributed by atoms with Gasteiger partial charge in [-0.05, 0) is 49.6 Å². The second kappa shape index (κ2) is 7.59. The van der Waals surface area contributed by atoms with Crippen molar-refractivity contribution in [3.8, 4) is 5.75 Å². The van der Waals surface area contributed by atoms with E-state index in [0.717, 1.165) is 24.3 Å². The highest BCUT2D eigenvalue weighted by molar-refractivity contribution is 5.47. The Morgan fingerprint density at radius 1 is 0.950 bits per heavy atom. The second-order valence-electron chi connectivity index (χ2n) is 4.90. The van der Waals surface area contributed by atoms with E-state index in [1.807, 2.05) is 19.1 Å². The van der Waals surface area contributed by atoms with Crippen molar-refractivity contribution in [1.29, 1.82) is 0 Å². The standard InChI is InChI=1S/C18H23NO/c1-3-16(14-15-8-6-5-7-9-15)19-17-10-12-18(13-11-17)20-4-2/h5-13,16,19H,3-4,14H2,1-2H3. The number of ether oxygens (including phenoxy) is 1. The minimum Gasteiger partial charge on any atom is -0.494 e. The van der Waals surface area contributed by atoms with Crippen LogP contribution in [0.4, 0.5) is 5.69 Å². The van der Waals surface area contributed by atoms with Gasteiger partial charge in [-0.2, -0.15) is 0 Å². The summed E-state index contributed by atoms with van der Waals surface area (Å²) in [5, 5.41) is 3.59. The van der Waals surface area contributed by atoms with Crippen molar-refractivity contribution >= 4 is 5.69 Å². The molecule has 0 aliphatic carbocycles. The van der Waals surface area contributed by atoms with Gasteiger partial charge in [-0.25, -0.2) is 0 Å². The van der Waals surface area contributed by atoms with Gasteiger partial charge in [-0.15, -0.1) is 0 Å². The minimum atomic E-state index is 0.454. The molecule has 1 unspecified atom stereocenters. The molecule has 0 bridgehead atoms. The zero-order valence-electron chi connectivity index (χ0n) is 12.3. The lowest BCUT2D eigenvalue weighted by atomic mass is 10.0. The third-order valence-corrected chi connectivity index (χ3v) is 3.35. The summed E-state index contributed by atoms with van der Waals surface area (Å²) >= 11 is 0. The number of nitrogens with one attached hydrogen (secondary N) is 1. The lowest BCUT2D eigenvalue weighted by Gasteiger charge is -2.18. The first-order chi connectivity index (χ1) is 9.81. The Morgan fingerprint density at radius 2 is 1.65 bits per heavy atom. The summed E-state index contributed by atoms with van der Waals surface area (Å²) in [7, 11) is 0. The molecule has 0 saturated carbocycles. The van der Waals surface area contributed by atoms with Gasteiger partial charge in [0.25, 0.3) is 0 Å². The first-order valence-corrected chi connectivity index (χ1v) is 7.35. The van der Waals surface area contributed by atoms with Gasteiger partial charge < -0.3 is 10.1 Å². The van der Waals surface area contributed by atoms with E-state index in [2.05, 4.69) is 54.7 Å². The van der Waals surface area contributed by atoms with E-state index in [1.54, 1.807) is 0 Å². The van der Waals surface area contributed by atoms with E-state index in [-0.39, 0.29) is 0 Å². The molecule has 0 aromatic heterocycles. The lowest BCUT2D eigenvalue weighted by Crippen LogP contribution is -2.21. The monoisotopic (exact) mass is 269 g/mol. The molecule has 2 rings (SSSR count). The van der Waals surface area contributed by atoms with Gasteiger partial charge in [0, 0.05) is 11.7 Å². The molecule has 1 N–H and O–H groups in total. The number of hydrogen-bond donors (Lipinski definition) is 1. The molecule has 0 radical (unpaired) electrons. The maximum Gasteiger partial charge on any atom is 0.119 e. The van der Waals surface area contributed by atoms with Crippen LogP contribution in [-0.4, -0.2) is 12.6 Å². The van der Waals surface area contributed by atoms with Crippen LogP contribution in [-0.2, 0) is 6.42 Å². The van der Waals surface area contributed by atoms with Gasteiger partial charge in [0.1, 0.15) is 5.75 Å². The fraction of sp³-hybridized carbons (Fsp3) is 0.333. The normalized spacial score (nSPS) is 11.9. The lowest BCUT2D eigenvalue weighted by molar-refractivity contribution is 0.340. The Balaban J connectivity index is 1.95. The highest BCUT2D eigenvalue weighted by Gasteiger charge is 2.07. The average Bonchev–Trinajstić information content (AvgIpc) is 2.50. The van der Waals surface area contributed by atoms with Gasteiger partial charge >= 0.3 is 0 Å². The topological polar surface area (TPSA) is 21.3 Å². The summed E-state index contributed by atoms with van der Waals surface area (Å²) in [5.41, 5.74) is 2.52. The van der Waals surface area contributed by atoms with Crippen molar-refractivity contribution in [2.24, 2.45) is 0 Å². The van der Waals surface area contributed by atoms with Crippen LogP contribution in [0.5, 0.6) is 5.75 Å². The molecule has 2 nitrogen and oxygen atoms in total. The van der Waals surface area contributed by atoms with Crippen molar-refractivity contribution < 1.29 is 4.74 Å². The van der Waals surface area contributed by atoms with E-state index in [1.165, 1.54) is 5.56 Å². The number of rotatable bonds is 7. The van der Waals surface area contributed by atoms with Crippen molar-refractivity contribution in [1.82, 2.24) is 0 Å².